The lowest BCUT2D eigenvalue weighted by atomic mass is 10.1. The van der Waals surface area contributed by atoms with Gasteiger partial charge in [-0.1, -0.05) is 72.8 Å². The zero-order valence-electron chi connectivity index (χ0n) is 17.0. The standard InChI is InChI=1S/C26H26N2.ClH/c1-20-21(2)28(19-9-14-22-10-5-3-6-11-22)26-24(20)17-18-27-25(26)16-15-23-12-7-4-8-13-23;/h3-14,17-18H,15-16,19H2,1-2H3;1H/b14-9+;. The number of benzene rings is 2. The van der Waals surface area contributed by atoms with Gasteiger partial charge in [-0.15, -0.1) is 12.4 Å². The molecule has 2 aromatic carbocycles. The average Bonchev–Trinajstić information content (AvgIpc) is 2.99. The monoisotopic (exact) mass is 402 g/mol. The number of fused-ring (bicyclic) bond motifs is 1. The number of aryl methyl sites for hydroxylation is 3. The maximum absolute atomic E-state index is 4.76. The second-order valence-corrected chi connectivity index (χ2v) is 7.27. The van der Waals surface area contributed by atoms with Crippen LogP contribution in [0.15, 0.2) is 79.0 Å². The van der Waals surface area contributed by atoms with E-state index in [1.807, 2.05) is 6.20 Å². The summed E-state index contributed by atoms with van der Waals surface area (Å²) >= 11 is 0. The molecule has 148 valence electrons. The zero-order chi connectivity index (χ0) is 19.3. The highest BCUT2D eigenvalue weighted by Crippen LogP contribution is 2.28. The first-order valence-corrected chi connectivity index (χ1v) is 9.93. The van der Waals surface area contributed by atoms with Crippen molar-refractivity contribution in [2.75, 3.05) is 0 Å². The molecule has 0 spiro atoms. The molecule has 0 N–H and O–H groups in total. The van der Waals surface area contributed by atoms with E-state index < -0.39 is 0 Å². The number of rotatable bonds is 6. The zero-order valence-corrected chi connectivity index (χ0v) is 17.8. The summed E-state index contributed by atoms with van der Waals surface area (Å²) in [6.45, 7) is 5.29. The van der Waals surface area contributed by atoms with E-state index in [2.05, 4.69) is 97.3 Å². The summed E-state index contributed by atoms with van der Waals surface area (Å²) in [7, 11) is 0. The van der Waals surface area contributed by atoms with Crippen LogP contribution in [0.2, 0.25) is 0 Å². The lowest BCUT2D eigenvalue weighted by molar-refractivity contribution is 0.809. The normalized spacial score (nSPS) is 11.1. The molecule has 2 aromatic heterocycles. The van der Waals surface area contributed by atoms with E-state index >= 15 is 0 Å². The maximum Gasteiger partial charge on any atom is 0.0707 e. The van der Waals surface area contributed by atoms with Crippen molar-refractivity contribution in [2.24, 2.45) is 0 Å². The third-order valence-electron chi connectivity index (χ3n) is 5.51. The van der Waals surface area contributed by atoms with E-state index in [4.69, 9.17) is 4.98 Å². The first kappa shape index (κ1) is 20.9. The highest BCUT2D eigenvalue weighted by molar-refractivity contribution is 5.87. The molecule has 0 unspecified atom stereocenters. The first-order chi connectivity index (χ1) is 13.7. The van der Waals surface area contributed by atoms with Crippen molar-refractivity contribution in [2.45, 2.75) is 33.2 Å². The van der Waals surface area contributed by atoms with Gasteiger partial charge in [-0.2, -0.15) is 0 Å². The van der Waals surface area contributed by atoms with Crippen LogP contribution in [0.1, 0.15) is 28.1 Å². The van der Waals surface area contributed by atoms with Gasteiger partial charge in [0.25, 0.3) is 0 Å². The van der Waals surface area contributed by atoms with Gasteiger partial charge in [0.15, 0.2) is 0 Å². The molecular weight excluding hydrogens is 376 g/mol. The van der Waals surface area contributed by atoms with Crippen LogP contribution in [0.5, 0.6) is 0 Å². The molecule has 0 aliphatic carbocycles. The minimum atomic E-state index is 0. The van der Waals surface area contributed by atoms with Crippen LogP contribution in [-0.2, 0) is 19.4 Å². The van der Waals surface area contributed by atoms with Crippen molar-refractivity contribution in [1.29, 1.82) is 0 Å². The summed E-state index contributed by atoms with van der Waals surface area (Å²) in [5, 5.41) is 1.32. The van der Waals surface area contributed by atoms with Crippen molar-refractivity contribution in [3.63, 3.8) is 0 Å². The second-order valence-electron chi connectivity index (χ2n) is 7.27. The number of pyridine rings is 1. The SMILES string of the molecule is Cc1c(C)n(C/C=C/c2ccccc2)c2c(CCc3ccccc3)nccc12.Cl. The summed E-state index contributed by atoms with van der Waals surface area (Å²) in [5.74, 6) is 0. The fraction of sp³-hybridized carbons (Fsp3) is 0.192. The van der Waals surface area contributed by atoms with Gasteiger partial charge in [0.05, 0.1) is 11.2 Å². The summed E-state index contributed by atoms with van der Waals surface area (Å²) < 4.78 is 2.41. The molecular formula is C26H27ClN2. The molecule has 3 heteroatoms. The molecule has 0 saturated carbocycles. The quantitative estimate of drug-likeness (QED) is 0.356. The van der Waals surface area contributed by atoms with Crippen molar-refractivity contribution < 1.29 is 0 Å². The summed E-state index contributed by atoms with van der Waals surface area (Å²) in [6, 6.07) is 23.3. The van der Waals surface area contributed by atoms with Crippen molar-refractivity contribution in [3.8, 4) is 0 Å². The molecule has 2 heterocycles. The number of nitrogens with zero attached hydrogens (tertiary/aromatic N) is 2. The summed E-state index contributed by atoms with van der Waals surface area (Å²) in [6.07, 6.45) is 8.36. The number of allylic oxidation sites excluding steroid dienone is 1. The Hall–Kier alpha value is -2.84. The molecule has 2 nitrogen and oxygen atoms in total. The topological polar surface area (TPSA) is 17.8 Å². The molecule has 4 aromatic rings. The molecule has 29 heavy (non-hydrogen) atoms. The van der Waals surface area contributed by atoms with Crippen molar-refractivity contribution in [3.05, 3.63) is 107 Å². The molecule has 0 aliphatic rings. The Balaban J connectivity index is 0.00000240. The van der Waals surface area contributed by atoms with E-state index in [-0.39, 0.29) is 12.4 Å². The van der Waals surface area contributed by atoms with E-state index in [0.29, 0.717) is 0 Å². The van der Waals surface area contributed by atoms with Crippen LogP contribution in [-0.4, -0.2) is 9.55 Å². The van der Waals surface area contributed by atoms with Crippen LogP contribution in [0.3, 0.4) is 0 Å². The van der Waals surface area contributed by atoms with E-state index in [9.17, 15) is 0 Å². The first-order valence-electron chi connectivity index (χ1n) is 9.93. The fourth-order valence-corrected chi connectivity index (χ4v) is 3.84. The molecule has 4 rings (SSSR count). The van der Waals surface area contributed by atoms with Gasteiger partial charge < -0.3 is 4.57 Å². The van der Waals surface area contributed by atoms with E-state index in [0.717, 1.165) is 19.4 Å². The number of hydrogen-bond donors (Lipinski definition) is 0. The largest absolute Gasteiger partial charge is 0.339 e. The van der Waals surface area contributed by atoms with Gasteiger partial charge in [0, 0.05) is 23.8 Å². The van der Waals surface area contributed by atoms with Gasteiger partial charge in [0.1, 0.15) is 0 Å². The predicted octanol–water partition coefficient (Wildman–Crippen LogP) is 6.57. The molecule has 0 atom stereocenters. The molecule has 0 fully saturated rings. The molecule has 0 saturated heterocycles. The van der Waals surface area contributed by atoms with Crippen molar-refractivity contribution in [1.82, 2.24) is 9.55 Å². The third-order valence-corrected chi connectivity index (χ3v) is 5.51. The van der Waals surface area contributed by atoms with Crippen LogP contribution < -0.4 is 0 Å². The minimum absolute atomic E-state index is 0. The summed E-state index contributed by atoms with van der Waals surface area (Å²) in [4.78, 5) is 4.76. The molecule has 0 radical (unpaired) electrons. The number of hydrogen-bond acceptors (Lipinski definition) is 1. The van der Waals surface area contributed by atoms with E-state index in [1.165, 1.54) is 39.0 Å². The van der Waals surface area contributed by atoms with Crippen LogP contribution >= 0.6 is 12.4 Å². The Morgan fingerprint density at radius 1 is 0.862 bits per heavy atom. The van der Waals surface area contributed by atoms with Gasteiger partial charge in [-0.05, 0) is 49.4 Å². The van der Waals surface area contributed by atoms with Crippen molar-refractivity contribution >= 4 is 29.4 Å². The average molecular weight is 403 g/mol. The van der Waals surface area contributed by atoms with Gasteiger partial charge in [-0.25, -0.2) is 0 Å². The number of halogens is 1. The summed E-state index contributed by atoms with van der Waals surface area (Å²) in [5.41, 5.74) is 7.73. The predicted molar refractivity (Wildman–Crippen MR) is 126 cm³/mol. The van der Waals surface area contributed by atoms with Gasteiger partial charge in [0.2, 0.25) is 0 Å². The maximum atomic E-state index is 4.76. The molecule has 0 amide bonds. The molecule has 0 bridgehead atoms. The van der Waals surface area contributed by atoms with Gasteiger partial charge >= 0.3 is 0 Å². The third kappa shape index (κ3) is 4.60. The van der Waals surface area contributed by atoms with Gasteiger partial charge in [-0.3, -0.25) is 4.98 Å². The van der Waals surface area contributed by atoms with Crippen LogP contribution in [0, 0.1) is 13.8 Å². The Morgan fingerprint density at radius 3 is 2.28 bits per heavy atom. The fourth-order valence-electron chi connectivity index (χ4n) is 3.84. The van der Waals surface area contributed by atoms with Crippen LogP contribution in [0.25, 0.3) is 17.0 Å². The Kier molecular flexibility index (Phi) is 6.90. The highest BCUT2D eigenvalue weighted by atomic mass is 35.5. The highest BCUT2D eigenvalue weighted by Gasteiger charge is 2.14. The Morgan fingerprint density at radius 2 is 1.55 bits per heavy atom. The van der Waals surface area contributed by atoms with Crippen LogP contribution in [0.4, 0.5) is 0 Å². The minimum Gasteiger partial charge on any atom is -0.339 e. The second kappa shape index (κ2) is 9.58. The smallest absolute Gasteiger partial charge is 0.0707 e. The Bertz CT molecular complexity index is 1100. The lowest BCUT2D eigenvalue weighted by Crippen LogP contribution is -2.03. The number of aromatic nitrogens is 2. The molecule has 0 aliphatic heterocycles. The lowest BCUT2D eigenvalue weighted by Gasteiger charge is -2.09. The Labute approximate surface area is 179 Å². The van der Waals surface area contributed by atoms with E-state index in [1.54, 1.807) is 0 Å².